The van der Waals surface area contributed by atoms with Crippen molar-refractivity contribution in [3.63, 3.8) is 0 Å². The molecule has 0 aromatic heterocycles. The summed E-state index contributed by atoms with van der Waals surface area (Å²) >= 11 is 7.28. The van der Waals surface area contributed by atoms with Gasteiger partial charge in [-0.15, -0.1) is 11.8 Å². The summed E-state index contributed by atoms with van der Waals surface area (Å²) in [6, 6.07) is 6.39. The molecule has 0 aliphatic carbocycles. The largest absolute Gasteiger partial charge is 0.480 e. The van der Waals surface area contributed by atoms with Crippen LogP contribution in [0.5, 0.6) is 0 Å². The van der Waals surface area contributed by atoms with Gasteiger partial charge in [0.15, 0.2) is 0 Å². The number of aliphatic carboxylic acids is 1. The van der Waals surface area contributed by atoms with E-state index >= 15 is 0 Å². The van der Waals surface area contributed by atoms with Crippen molar-refractivity contribution >= 4 is 35.2 Å². The number of rotatable bonds is 7. The molecule has 0 aliphatic rings. The van der Waals surface area contributed by atoms with Crippen LogP contribution in [0.3, 0.4) is 0 Å². The van der Waals surface area contributed by atoms with Crippen molar-refractivity contribution in [2.24, 2.45) is 5.92 Å². The van der Waals surface area contributed by atoms with E-state index in [0.29, 0.717) is 11.4 Å². The van der Waals surface area contributed by atoms with Gasteiger partial charge in [-0.05, 0) is 24.5 Å². The second-order valence-corrected chi connectivity index (χ2v) is 6.23. The van der Waals surface area contributed by atoms with E-state index in [2.05, 4.69) is 5.32 Å². The van der Waals surface area contributed by atoms with Crippen molar-refractivity contribution in [3.05, 3.63) is 29.3 Å². The second kappa shape index (κ2) is 8.17. The second-order valence-electron chi connectivity index (χ2n) is 4.81. The van der Waals surface area contributed by atoms with E-state index in [4.69, 9.17) is 16.7 Å². The molecule has 1 amide bonds. The number of nitrogens with one attached hydrogen (secondary N) is 1. The third kappa shape index (κ3) is 5.84. The van der Waals surface area contributed by atoms with Gasteiger partial charge in [-0.1, -0.05) is 37.6 Å². The van der Waals surface area contributed by atoms with Crippen LogP contribution in [0.4, 0.5) is 0 Å². The summed E-state index contributed by atoms with van der Waals surface area (Å²) in [6.07, 6.45) is 0.415. The molecule has 0 saturated carbocycles. The van der Waals surface area contributed by atoms with Crippen LogP contribution in [0.1, 0.15) is 20.3 Å². The fourth-order valence-corrected chi connectivity index (χ4v) is 2.68. The number of benzene rings is 1. The van der Waals surface area contributed by atoms with Crippen LogP contribution >= 0.6 is 23.4 Å². The molecule has 1 rings (SSSR count). The number of hydrogen-bond donors (Lipinski definition) is 2. The first-order valence-corrected chi connectivity index (χ1v) is 7.66. The Morgan fingerprint density at radius 3 is 2.55 bits per heavy atom. The number of carbonyl (C=O) groups excluding carboxylic acids is 1. The van der Waals surface area contributed by atoms with E-state index in [1.54, 1.807) is 6.07 Å². The molecule has 0 fully saturated rings. The van der Waals surface area contributed by atoms with Gasteiger partial charge in [0.1, 0.15) is 6.04 Å². The number of thioether (sulfide) groups is 1. The molecule has 1 aromatic carbocycles. The maximum absolute atomic E-state index is 11.8. The van der Waals surface area contributed by atoms with Gasteiger partial charge >= 0.3 is 5.97 Å². The molecule has 1 aromatic rings. The topological polar surface area (TPSA) is 66.4 Å². The third-order valence-corrected chi connectivity index (χ3v) is 4.05. The highest BCUT2D eigenvalue weighted by atomic mass is 35.5. The zero-order valence-corrected chi connectivity index (χ0v) is 13.0. The monoisotopic (exact) mass is 315 g/mol. The van der Waals surface area contributed by atoms with Crippen LogP contribution in [-0.4, -0.2) is 28.8 Å². The average molecular weight is 316 g/mol. The van der Waals surface area contributed by atoms with Gasteiger partial charge in [0.2, 0.25) is 5.91 Å². The van der Waals surface area contributed by atoms with E-state index in [0.717, 1.165) is 4.90 Å². The zero-order valence-electron chi connectivity index (χ0n) is 11.4. The van der Waals surface area contributed by atoms with Crippen molar-refractivity contribution in [2.45, 2.75) is 31.2 Å². The van der Waals surface area contributed by atoms with Crippen LogP contribution < -0.4 is 5.32 Å². The Hall–Kier alpha value is -1.20. The van der Waals surface area contributed by atoms with Gasteiger partial charge in [-0.3, -0.25) is 4.79 Å². The SMILES string of the molecule is CC(C)CC(NC(=O)CSc1ccccc1Cl)C(=O)O. The van der Waals surface area contributed by atoms with Crippen molar-refractivity contribution in [1.29, 1.82) is 0 Å². The summed E-state index contributed by atoms with van der Waals surface area (Å²) in [5.41, 5.74) is 0. The Morgan fingerprint density at radius 1 is 1.35 bits per heavy atom. The van der Waals surface area contributed by atoms with Crippen LogP contribution in [0.15, 0.2) is 29.2 Å². The van der Waals surface area contributed by atoms with Crippen LogP contribution in [-0.2, 0) is 9.59 Å². The van der Waals surface area contributed by atoms with Crippen molar-refractivity contribution in [3.8, 4) is 0 Å². The lowest BCUT2D eigenvalue weighted by Gasteiger charge is -2.16. The third-order valence-electron chi connectivity index (χ3n) is 2.54. The molecule has 2 N–H and O–H groups in total. The molecule has 1 atom stereocenters. The highest BCUT2D eigenvalue weighted by Gasteiger charge is 2.21. The summed E-state index contributed by atoms with van der Waals surface area (Å²) in [5.74, 6) is -0.962. The molecule has 6 heteroatoms. The summed E-state index contributed by atoms with van der Waals surface area (Å²) in [4.78, 5) is 23.6. The molecule has 0 saturated heterocycles. The van der Waals surface area contributed by atoms with E-state index < -0.39 is 12.0 Å². The molecular formula is C14H18ClNO3S. The Bertz CT molecular complexity index is 479. The van der Waals surface area contributed by atoms with Crippen LogP contribution in [0.25, 0.3) is 0 Å². The maximum Gasteiger partial charge on any atom is 0.326 e. The maximum atomic E-state index is 11.8. The summed E-state index contributed by atoms with van der Waals surface area (Å²) in [6.45, 7) is 3.83. The molecule has 20 heavy (non-hydrogen) atoms. The average Bonchev–Trinajstić information content (AvgIpc) is 2.36. The number of carbonyl (C=O) groups is 2. The van der Waals surface area contributed by atoms with Gasteiger partial charge in [-0.2, -0.15) is 0 Å². The van der Waals surface area contributed by atoms with E-state index in [-0.39, 0.29) is 17.6 Å². The Balaban J connectivity index is 2.50. The number of carboxylic acid groups (broad SMARTS) is 1. The van der Waals surface area contributed by atoms with Crippen molar-refractivity contribution < 1.29 is 14.7 Å². The Kier molecular flexibility index (Phi) is 6.88. The molecular weight excluding hydrogens is 298 g/mol. The van der Waals surface area contributed by atoms with E-state index in [1.165, 1.54) is 11.8 Å². The molecule has 0 radical (unpaired) electrons. The van der Waals surface area contributed by atoms with Gasteiger partial charge in [0.25, 0.3) is 0 Å². The number of hydrogen-bond acceptors (Lipinski definition) is 3. The highest BCUT2D eigenvalue weighted by molar-refractivity contribution is 8.00. The lowest BCUT2D eigenvalue weighted by molar-refractivity contribution is -0.141. The zero-order chi connectivity index (χ0) is 15.1. The standard InChI is InChI=1S/C14H18ClNO3S/c1-9(2)7-11(14(18)19)16-13(17)8-20-12-6-4-3-5-10(12)15/h3-6,9,11H,7-8H2,1-2H3,(H,16,17)(H,18,19). The first-order chi connectivity index (χ1) is 9.40. The highest BCUT2D eigenvalue weighted by Crippen LogP contribution is 2.26. The molecule has 4 nitrogen and oxygen atoms in total. The number of carboxylic acids is 1. The van der Waals surface area contributed by atoms with Gasteiger partial charge in [0.05, 0.1) is 10.8 Å². The van der Waals surface area contributed by atoms with Crippen molar-refractivity contribution in [1.82, 2.24) is 5.32 Å². The first kappa shape index (κ1) is 16.9. The van der Waals surface area contributed by atoms with Gasteiger partial charge < -0.3 is 10.4 Å². The summed E-state index contributed by atoms with van der Waals surface area (Å²) in [7, 11) is 0. The Morgan fingerprint density at radius 2 is 2.00 bits per heavy atom. The fraction of sp³-hybridized carbons (Fsp3) is 0.429. The van der Waals surface area contributed by atoms with E-state index in [9.17, 15) is 9.59 Å². The first-order valence-electron chi connectivity index (χ1n) is 6.29. The number of halogens is 1. The van der Waals surface area contributed by atoms with Crippen LogP contribution in [0, 0.1) is 5.92 Å². The van der Waals surface area contributed by atoms with Crippen molar-refractivity contribution in [2.75, 3.05) is 5.75 Å². The molecule has 110 valence electrons. The predicted molar refractivity (Wildman–Crippen MR) is 81.2 cm³/mol. The van der Waals surface area contributed by atoms with Gasteiger partial charge in [-0.25, -0.2) is 4.79 Å². The molecule has 1 unspecified atom stereocenters. The lowest BCUT2D eigenvalue weighted by atomic mass is 10.0. The normalized spacial score (nSPS) is 12.2. The van der Waals surface area contributed by atoms with Gasteiger partial charge in [0, 0.05) is 4.90 Å². The minimum Gasteiger partial charge on any atom is -0.480 e. The molecule has 0 bridgehead atoms. The molecule has 0 spiro atoms. The molecule has 0 heterocycles. The Labute approximate surface area is 127 Å². The van der Waals surface area contributed by atoms with E-state index in [1.807, 2.05) is 32.0 Å². The summed E-state index contributed by atoms with van der Waals surface area (Å²) in [5, 5.41) is 12.2. The number of amides is 1. The molecule has 0 aliphatic heterocycles. The lowest BCUT2D eigenvalue weighted by Crippen LogP contribution is -2.42. The predicted octanol–water partition coefficient (Wildman–Crippen LogP) is 3.05. The fourth-order valence-electron chi connectivity index (χ4n) is 1.63. The smallest absolute Gasteiger partial charge is 0.326 e. The minimum atomic E-state index is -1.00. The quantitative estimate of drug-likeness (QED) is 0.759. The summed E-state index contributed by atoms with van der Waals surface area (Å²) < 4.78 is 0. The van der Waals surface area contributed by atoms with Crippen LogP contribution in [0.2, 0.25) is 5.02 Å². The minimum absolute atomic E-state index is 0.144.